The van der Waals surface area contributed by atoms with Crippen molar-refractivity contribution in [2.75, 3.05) is 26.6 Å². The Hall–Kier alpha value is -3.16. The van der Waals surface area contributed by atoms with Gasteiger partial charge in [-0.15, -0.1) is 0 Å². The van der Waals surface area contributed by atoms with Crippen molar-refractivity contribution in [3.63, 3.8) is 0 Å². The van der Waals surface area contributed by atoms with Crippen LogP contribution >= 0.6 is 0 Å². The zero-order chi connectivity index (χ0) is 20.4. The van der Waals surface area contributed by atoms with Crippen molar-refractivity contribution in [3.8, 4) is 17.2 Å². The van der Waals surface area contributed by atoms with Gasteiger partial charge in [-0.1, -0.05) is 0 Å². The fourth-order valence-corrected chi connectivity index (χ4v) is 3.89. The second kappa shape index (κ2) is 8.06. The van der Waals surface area contributed by atoms with Crippen LogP contribution < -0.4 is 19.5 Å². The van der Waals surface area contributed by atoms with Crippen LogP contribution in [-0.2, 0) is 19.4 Å². The lowest BCUT2D eigenvalue weighted by Crippen LogP contribution is -2.14. The van der Waals surface area contributed by atoms with Crippen molar-refractivity contribution in [2.45, 2.75) is 39.2 Å². The molecule has 2 heterocycles. The minimum Gasteiger partial charge on any atom is -0.493 e. The second-order valence-electron chi connectivity index (χ2n) is 6.97. The van der Waals surface area contributed by atoms with Gasteiger partial charge in [-0.2, -0.15) is 0 Å². The van der Waals surface area contributed by atoms with Gasteiger partial charge in [0.15, 0.2) is 11.5 Å². The number of ether oxygens (including phenoxy) is 3. The van der Waals surface area contributed by atoms with E-state index in [2.05, 4.69) is 22.2 Å². The number of nitrogens with one attached hydrogen (secondary N) is 1. The van der Waals surface area contributed by atoms with Crippen molar-refractivity contribution in [2.24, 2.45) is 0 Å². The molecule has 8 nitrogen and oxygen atoms in total. The van der Waals surface area contributed by atoms with E-state index in [9.17, 15) is 0 Å². The smallest absolute Gasteiger partial charge is 0.205 e. The average Bonchev–Trinajstić information content (AvgIpc) is 2.76. The molecule has 1 N–H and O–H groups in total. The predicted molar refractivity (Wildman–Crippen MR) is 110 cm³/mol. The summed E-state index contributed by atoms with van der Waals surface area (Å²) in [6, 6.07) is 1.85. The van der Waals surface area contributed by atoms with Crippen LogP contribution in [0.5, 0.6) is 17.2 Å². The van der Waals surface area contributed by atoms with Crippen LogP contribution in [0, 0.1) is 6.92 Å². The molecule has 3 aromatic rings. The van der Waals surface area contributed by atoms with Crippen LogP contribution in [0.1, 0.15) is 35.6 Å². The van der Waals surface area contributed by atoms with Crippen LogP contribution in [0.4, 0.5) is 5.82 Å². The molecule has 0 radical (unpaired) electrons. The topological polar surface area (TPSA) is 91.3 Å². The Morgan fingerprint density at radius 2 is 1.76 bits per heavy atom. The van der Waals surface area contributed by atoms with Crippen LogP contribution in [0.3, 0.4) is 0 Å². The molecular weight excluding hydrogens is 370 g/mol. The first-order valence-corrected chi connectivity index (χ1v) is 9.69. The average molecular weight is 395 g/mol. The number of aryl methyl sites for hydroxylation is 2. The first kappa shape index (κ1) is 19.2. The molecule has 29 heavy (non-hydrogen) atoms. The fourth-order valence-electron chi connectivity index (χ4n) is 3.89. The van der Waals surface area contributed by atoms with Gasteiger partial charge in [0, 0.05) is 11.4 Å². The maximum Gasteiger partial charge on any atom is 0.205 e. The SMILES string of the molecule is COc1cc2c(NCc3nc(C)c4c(n3)CCCC4)ncnc2c(OC)c1OC. The number of nitrogens with zero attached hydrogens (tertiary/aromatic N) is 4. The highest BCUT2D eigenvalue weighted by molar-refractivity contribution is 5.96. The minimum absolute atomic E-state index is 0.469. The summed E-state index contributed by atoms with van der Waals surface area (Å²) in [6.45, 7) is 2.54. The summed E-state index contributed by atoms with van der Waals surface area (Å²) in [6.07, 6.45) is 6.00. The number of rotatable bonds is 6. The van der Waals surface area contributed by atoms with Gasteiger partial charge < -0.3 is 19.5 Å². The Bertz CT molecular complexity index is 1050. The quantitative estimate of drug-likeness (QED) is 0.680. The normalized spacial score (nSPS) is 13.1. The Labute approximate surface area is 169 Å². The van der Waals surface area contributed by atoms with E-state index in [-0.39, 0.29) is 0 Å². The monoisotopic (exact) mass is 395 g/mol. The van der Waals surface area contributed by atoms with E-state index in [4.69, 9.17) is 24.2 Å². The highest BCUT2D eigenvalue weighted by atomic mass is 16.5. The number of hydrogen-bond acceptors (Lipinski definition) is 8. The number of methoxy groups -OCH3 is 3. The lowest BCUT2D eigenvalue weighted by Gasteiger charge is -2.18. The van der Waals surface area contributed by atoms with E-state index < -0.39 is 0 Å². The molecule has 0 unspecified atom stereocenters. The Balaban J connectivity index is 1.69. The standard InChI is InChI=1S/C21H25N5O3/c1-12-13-7-5-6-8-15(13)26-17(25-12)10-22-21-14-9-16(27-2)19(28-3)20(29-4)18(14)23-11-24-21/h9,11H,5-8,10H2,1-4H3,(H,22,23,24). The largest absolute Gasteiger partial charge is 0.493 e. The fraction of sp³-hybridized carbons (Fsp3) is 0.429. The van der Waals surface area contributed by atoms with Crippen LogP contribution in [0.15, 0.2) is 12.4 Å². The summed E-state index contributed by atoms with van der Waals surface area (Å²) >= 11 is 0. The number of benzene rings is 1. The first-order valence-electron chi connectivity index (χ1n) is 9.69. The molecule has 1 aliphatic carbocycles. The molecule has 1 aromatic carbocycles. The van der Waals surface area contributed by atoms with Crippen molar-refractivity contribution >= 4 is 16.7 Å². The summed E-state index contributed by atoms with van der Waals surface area (Å²) in [5.74, 6) is 2.99. The van der Waals surface area contributed by atoms with E-state index in [1.54, 1.807) is 21.3 Å². The van der Waals surface area contributed by atoms with Gasteiger partial charge in [0.1, 0.15) is 23.5 Å². The Morgan fingerprint density at radius 1 is 0.966 bits per heavy atom. The van der Waals surface area contributed by atoms with Crippen LogP contribution in [-0.4, -0.2) is 41.3 Å². The number of aromatic nitrogens is 4. The van der Waals surface area contributed by atoms with Gasteiger partial charge >= 0.3 is 0 Å². The van der Waals surface area contributed by atoms with Crippen LogP contribution in [0.2, 0.25) is 0 Å². The van der Waals surface area contributed by atoms with E-state index in [0.717, 1.165) is 29.7 Å². The molecule has 4 rings (SSSR count). The third-order valence-electron chi connectivity index (χ3n) is 5.28. The number of hydrogen-bond donors (Lipinski definition) is 1. The molecule has 0 fully saturated rings. The summed E-state index contributed by atoms with van der Waals surface area (Å²) in [5.41, 5.74) is 4.22. The number of anilines is 1. The van der Waals surface area contributed by atoms with E-state index in [1.807, 2.05) is 6.07 Å². The van der Waals surface area contributed by atoms with E-state index in [1.165, 1.54) is 30.4 Å². The molecule has 0 atom stereocenters. The minimum atomic E-state index is 0.469. The Morgan fingerprint density at radius 3 is 2.52 bits per heavy atom. The molecule has 0 aliphatic heterocycles. The molecule has 0 saturated heterocycles. The van der Waals surface area contributed by atoms with Gasteiger partial charge in [-0.25, -0.2) is 19.9 Å². The molecular formula is C21H25N5O3. The zero-order valence-corrected chi connectivity index (χ0v) is 17.2. The van der Waals surface area contributed by atoms with Gasteiger partial charge in [-0.05, 0) is 44.2 Å². The highest BCUT2D eigenvalue weighted by Crippen LogP contribution is 2.43. The van der Waals surface area contributed by atoms with Crippen molar-refractivity contribution in [1.29, 1.82) is 0 Å². The van der Waals surface area contributed by atoms with Gasteiger partial charge in [0.05, 0.1) is 33.3 Å². The molecule has 1 aliphatic rings. The van der Waals surface area contributed by atoms with Crippen molar-refractivity contribution in [3.05, 3.63) is 35.2 Å². The number of fused-ring (bicyclic) bond motifs is 2. The molecule has 8 heteroatoms. The first-order chi connectivity index (χ1) is 14.2. The highest BCUT2D eigenvalue weighted by Gasteiger charge is 2.20. The predicted octanol–water partition coefficient (Wildman–Crippen LogP) is 3.24. The summed E-state index contributed by atoms with van der Waals surface area (Å²) < 4.78 is 16.5. The van der Waals surface area contributed by atoms with Crippen molar-refractivity contribution < 1.29 is 14.2 Å². The maximum absolute atomic E-state index is 5.54. The zero-order valence-electron chi connectivity index (χ0n) is 17.2. The van der Waals surface area contributed by atoms with Crippen LogP contribution in [0.25, 0.3) is 10.9 Å². The summed E-state index contributed by atoms with van der Waals surface area (Å²) in [7, 11) is 4.74. The van der Waals surface area contributed by atoms with Crippen molar-refractivity contribution in [1.82, 2.24) is 19.9 Å². The van der Waals surface area contributed by atoms with E-state index in [0.29, 0.717) is 35.1 Å². The molecule has 0 spiro atoms. The third-order valence-corrected chi connectivity index (χ3v) is 5.28. The lowest BCUT2D eigenvalue weighted by atomic mass is 9.95. The second-order valence-corrected chi connectivity index (χ2v) is 6.97. The lowest BCUT2D eigenvalue weighted by molar-refractivity contribution is 0.327. The molecule has 152 valence electrons. The Kier molecular flexibility index (Phi) is 5.33. The third kappa shape index (κ3) is 3.50. The summed E-state index contributed by atoms with van der Waals surface area (Å²) in [4.78, 5) is 18.3. The maximum atomic E-state index is 5.54. The molecule has 0 bridgehead atoms. The van der Waals surface area contributed by atoms with E-state index >= 15 is 0 Å². The molecule has 0 amide bonds. The van der Waals surface area contributed by atoms with Gasteiger partial charge in [-0.3, -0.25) is 0 Å². The molecule has 0 saturated carbocycles. The van der Waals surface area contributed by atoms with Gasteiger partial charge in [0.25, 0.3) is 0 Å². The summed E-state index contributed by atoms with van der Waals surface area (Å²) in [5, 5.41) is 4.12. The molecule has 2 aromatic heterocycles. The van der Waals surface area contributed by atoms with Gasteiger partial charge in [0.2, 0.25) is 5.75 Å².